The first kappa shape index (κ1) is 20.5. The molecule has 158 valence electrons. The second-order valence-corrected chi connectivity index (χ2v) is 7.85. The van der Waals surface area contributed by atoms with E-state index in [1.165, 1.54) is 38.1 Å². The minimum absolute atomic E-state index is 0.00567. The molecule has 0 radical (unpaired) electrons. The van der Waals surface area contributed by atoms with Crippen molar-refractivity contribution in [2.24, 2.45) is 5.92 Å². The Bertz CT molecular complexity index is 1120. The van der Waals surface area contributed by atoms with E-state index in [0.717, 1.165) is 28.8 Å². The van der Waals surface area contributed by atoms with E-state index >= 15 is 0 Å². The molecule has 1 saturated carbocycles. The molecule has 1 N–H and O–H groups in total. The average Bonchev–Trinajstić information content (AvgIpc) is 3.18. The van der Waals surface area contributed by atoms with Crippen LogP contribution in [0.2, 0.25) is 5.02 Å². The van der Waals surface area contributed by atoms with Gasteiger partial charge in [-0.25, -0.2) is 9.66 Å². The molecule has 1 aliphatic carbocycles. The predicted octanol–water partition coefficient (Wildman–Crippen LogP) is 5.56. The van der Waals surface area contributed by atoms with Crippen LogP contribution in [-0.4, -0.2) is 16.0 Å². The molecule has 1 fully saturated rings. The van der Waals surface area contributed by atoms with Gasteiger partial charge in [0.2, 0.25) is 0 Å². The highest BCUT2D eigenvalue weighted by atomic mass is 35.5. The average molecular weight is 438 g/mol. The van der Waals surface area contributed by atoms with Crippen LogP contribution in [0.3, 0.4) is 0 Å². The van der Waals surface area contributed by atoms with Crippen molar-refractivity contribution in [3.05, 3.63) is 63.7 Å². The number of rotatable bonds is 5. The van der Waals surface area contributed by atoms with Crippen LogP contribution in [0, 0.1) is 5.92 Å². The lowest BCUT2D eigenvalue weighted by atomic mass is 9.97. The second kappa shape index (κ2) is 8.18. The molecule has 30 heavy (non-hydrogen) atoms. The van der Waals surface area contributed by atoms with Gasteiger partial charge in [0.05, 0.1) is 16.6 Å². The van der Waals surface area contributed by atoms with Crippen LogP contribution in [0.1, 0.15) is 31.2 Å². The number of aromatic nitrogens is 2. The molecular weight excluding hydrogens is 419 g/mol. The normalized spacial score (nSPS) is 14.9. The first-order chi connectivity index (χ1) is 14.3. The molecule has 5 nitrogen and oxygen atoms in total. The topological polar surface area (TPSA) is 56.1 Å². The Morgan fingerprint density at radius 1 is 1.17 bits per heavy atom. The van der Waals surface area contributed by atoms with E-state index in [9.17, 15) is 18.0 Å². The van der Waals surface area contributed by atoms with Crippen LogP contribution in [-0.2, 0) is 6.42 Å². The molecule has 0 amide bonds. The summed E-state index contributed by atoms with van der Waals surface area (Å²) in [6, 6.07) is 8.93. The Balaban J connectivity index is 1.67. The van der Waals surface area contributed by atoms with Gasteiger partial charge in [0, 0.05) is 5.02 Å². The molecular formula is C21H19ClF3N3O2. The third kappa shape index (κ3) is 4.70. The Hall–Kier alpha value is -2.74. The van der Waals surface area contributed by atoms with Crippen molar-refractivity contribution >= 4 is 28.2 Å². The van der Waals surface area contributed by atoms with Gasteiger partial charge in [-0.2, -0.15) is 0 Å². The summed E-state index contributed by atoms with van der Waals surface area (Å²) in [5.41, 5.74) is 4.42. The van der Waals surface area contributed by atoms with Crippen LogP contribution in [0.15, 0.2) is 47.5 Å². The monoisotopic (exact) mass is 437 g/mol. The van der Waals surface area contributed by atoms with Gasteiger partial charge >= 0.3 is 6.36 Å². The Labute approximate surface area is 175 Å². The largest absolute Gasteiger partial charge is 0.573 e. The molecule has 0 spiro atoms. The highest BCUT2D eigenvalue weighted by Crippen LogP contribution is 2.31. The minimum atomic E-state index is -4.84. The number of anilines is 1. The number of hydrogen-bond donors (Lipinski definition) is 1. The number of benzene rings is 2. The number of alkyl halides is 3. The zero-order valence-electron chi connectivity index (χ0n) is 15.9. The van der Waals surface area contributed by atoms with Gasteiger partial charge in [-0.05, 0) is 48.2 Å². The van der Waals surface area contributed by atoms with Gasteiger partial charge in [0.15, 0.2) is 0 Å². The van der Waals surface area contributed by atoms with E-state index in [0.29, 0.717) is 16.6 Å². The second-order valence-electron chi connectivity index (χ2n) is 7.41. The minimum Gasteiger partial charge on any atom is -0.406 e. The molecule has 0 aliphatic heterocycles. The Morgan fingerprint density at radius 3 is 2.67 bits per heavy atom. The van der Waals surface area contributed by atoms with E-state index in [1.54, 1.807) is 12.1 Å². The molecule has 9 heteroatoms. The van der Waals surface area contributed by atoms with Crippen molar-refractivity contribution in [3.8, 4) is 5.75 Å². The molecule has 0 unspecified atom stereocenters. The fraction of sp³-hybridized carbons (Fsp3) is 0.333. The molecule has 0 saturated heterocycles. The van der Waals surface area contributed by atoms with Gasteiger partial charge in [-0.3, -0.25) is 10.2 Å². The smallest absolute Gasteiger partial charge is 0.406 e. The number of hydrogen-bond acceptors (Lipinski definition) is 4. The first-order valence-corrected chi connectivity index (χ1v) is 9.99. The number of nitrogens with zero attached hydrogens (tertiary/aromatic N) is 2. The summed E-state index contributed by atoms with van der Waals surface area (Å²) >= 11 is 6.15. The third-order valence-corrected chi connectivity index (χ3v) is 5.49. The SMILES string of the molecule is O=c1c2cc(OC(F)(F)F)ccc2ncn1Nc1cc(Cl)ccc1CC1CCCC1. The molecule has 1 aromatic heterocycles. The molecule has 0 bridgehead atoms. The molecule has 1 heterocycles. The van der Waals surface area contributed by atoms with E-state index in [4.69, 9.17) is 11.6 Å². The predicted molar refractivity (Wildman–Crippen MR) is 109 cm³/mol. The van der Waals surface area contributed by atoms with Crippen molar-refractivity contribution in [1.82, 2.24) is 9.66 Å². The van der Waals surface area contributed by atoms with Crippen LogP contribution in [0.5, 0.6) is 5.75 Å². The maximum absolute atomic E-state index is 12.9. The summed E-state index contributed by atoms with van der Waals surface area (Å²) in [6.07, 6.45) is 2.09. The molecule has 0 atom stereocenters. The zero-order valence-corrected chi connectivity index (χ0v) is 16.6. The van der Waals surface area contributed by atoms with Crippen LogP contribution < -0.4 is 15.7 Å². The summed E-state index contributed by atoms with van der Waals surface area (Å²) < 4.78 is 42.6. The quantitative estimate of drug-likeness (QED) is 0.568. The molecule has 3 aromatic rings. The first-order valence-electron chi connectivity index (χ1n) is 9.61. The van der Waals surface area contributed by atoms with Gasteiger partial charge in [-0.15, -0.1) is 13.2 Å². The maximum Gasteiger partial charge on any atom is 0.573 e. The number of halogens is 4. The summed E-state index contributed by atoms with van der Waals surface area (Å²) in [4.78, 5) is 17.0. The fourth-order valence-electron chi connectivity index (χ4n) is 3.86. The van der Waals surface area contributed by atoms with Crippen molar-refractivity contribution in [2.75, 3.05) is 5.43 Å². The maximum atomic E-state index is 12.9. The lowest BCUT2D eigenvalue weighted by Crippen LogP contribution is -2.27. The molecule has 4 rings (SSSR count). The van der Waals surface area contributed by atoms with E-state index in [-0.39, 0.29) is 10.9 Å². The van der Waals surface area contributed by atoms with Gasteiger partial charge < -0.3 is 4.74 Å². The zero-order chi connectivity index (χ0) is 21.3. The van der Waals surface area contributed by atoms with E-state index in [1.807, 2.05) is 6.07 Å². The van der Waals surface area contributed by atoms with Gasteiger partial charge in [0.1, 0.15) is 12.1 Å². The third-order valence-electron chi connectivity index (χ3n) is 5.26. The fourth-order valence-corrected chi connectivity index (χ4v) is 4.04. The van der Waals surface area contributed by atoms with Gasteiger partial charge in [0.25, 0.3) is 5.56 Å². The van der Waals surface area contributed by atoms with Crippen LogP contribution >= 0.6 is 11.6 Å². The Morgan fingerprint density at radius 2 is 1.93 bits per heavy atom. The summed E-state index contributed by atoms with van der Waals surface area (Å²) in [6.45, 7) is 0. The standard InChI is InChI=1S/C21H19ClF3N3O2/c22-15-6-5-14(9-13-3-1-2-4-13)19(10-15)27-28-12-26-18-8-7-16(30-21(23,24)25)11-17(18)20(28)29/h5-8,10-13,27H,1-4,9H2. The highest BCUT2D eigenvalue weighted by Gasteiger charge is 2.31. The molecule has 1 aliphatic rings. The van der Waals surface area contributed by atoms with Crippen molar-refractivity contribution in [1.29, 1.82) is 0 Å². The van der Waals surface area contributed by atoms with Crippen LogP contribution in [0.4, 0.5) is 18.9 Å². The van der Waals surface area contributed by atoms with Gasteiger partial charge in [-0.1, -0.05) is 43.4 Å². The highest BCUT2D eigenvalue weighted by molar-refractivity contribution is 6.30. The number of nitrogens with one attached hydrogen (secondary N) is 1. The number of fused-ring (bicyclic) bond motifs is 1. The number of ether oxygens (including phenoxy) is 1. The summed E-state index contributed by atoms with van der Waals surface area (Å²) in [5, 5.41) is 0.515. The van der Waals surface area contributed by atoms with Crippen LogP contribution in [0.25, 0.3) is 10.9 Å². The summed E-state index contributed by atoms with van der Waals surface area (Å²) in [7, 11) is 0. The van der Waals surface area contributed by atoms with Crippen molar-refractivity contribution in [2.45, 2.75) is 38.5 Å². The summed E-state index contributed by atoms with van der Waals surface area (Å²) in [5.74, 6) is 0.108. The molecule has 2 aromatic carbocycles. The van der Waals surface area contributed by atoms with Crippen molar-refractivity contribution < 1.29 is 17.9 Å². The lowest BCUT2D eigenvalue weighted by Gasteiger charge is -2.17. The Kier molecular flexibility index (Phi) is 5.60. The lowest BCUT2D eigenvalue weighted by molar-refractivity contribution is -0.274. The van der Waals surface area contributed by atoms with Crippen molar-refractivity contribution in [3.63, 3.8) is 0 Å². The van der Waals surface area contributed by atoms with E-state index < -0.39 is 17.7 Å². The van der Waals surface area contributed by atoms with E-state index in [2.05, 4.69) is 15.1 Å².